The Morgan fingerprint density at radius 1 is 0.826 bits per heavy atom. The second kappa shape index (κ2) is 4.41. The second-order valence-electron chi connectivity index (χ2n) is 9.13. The van der Waals surface area contributed by atoms with E-state index in [2.05, 4.69) is 59.7 Å². The molecule has 3 heterocycles. The lowest BCUT2D eigenvalue weighted by Gasteiger charge is -2.44. The van der Waals surface area contributed by atoms with Crippen LogP contribution in [0.5, 0.6) is 0 Å². The van der Waals surface area contributed by atoms with E-state index in [1.165, 1.54) is 11.1 Å². The molecule has 0 amide bonds. The van der Waals surface area contributed by atoms with Gasteiger partial charge in [-0.15, -0.1) is 0 Å². The van der Waals surface area contributed by atoms with Gasteiger partial charge in [-0.1, -0.05) is 18.2 Å². The lowest BCUT2D eigenvalue weighted by atomic mass is 9.69. The summed E-state index contributed by atoms with van der Waals surface area (Å²) in [7, 11) is -0.311. The van der Waals surface area contributed by atoms with Gasteiger partial charge in [-0.3, -0.25) is 0 Å². The van der Waals surface area contributed by atoms with Gasteiger partial charge in [-0.25, -0.2) is 0 Å². The fraction of sp³-hybridized carbons (Fsp3) is 0.684. The van der Waals surface area contributed by atoms with Crippen molar-refractivity contribution in [3.05, 3.63) is 29.3 Å². The van der Waals surface area contributed by atoms with Crippen LogP contribution < -0.4 is 5.46 Å². The number of benzene rings is 1. The highest BCUT2D eigenvalue weighted by atomic mass is 16.6. The van der Waals surface area contributed by atoms with Crippen molar-refractivity contribution in [1.82, 2.24) is 0 Å². The summed E-state index contributed by atoms with van der Waals surface area (Å²) in [6, 6.07) is 6.62. The molecule has 4 rings (SSSR count). The Morgan fingerprint density at radius 2 is 1.39 bits per heavy atom. The van der Waals surface area contributed by atoms with Crippen LogP contribution in [0.2, 0.25) is 0 Å². The highest BCUT2D eigenvalue weighted by molar-refractivity contribution is 6.61. The lowest BCUT2D eigenvalue weighted by molar-refractivity contribution is -0.0716. The Hall–Kier alpha value is -0.835. The molecule has 3 aliphatic rings. The zero-order chi connectivity index (χ0) is 16.7. The fourth-order valence-electron chi connectivity index (χ4n) is 4.91. The highest BCUT2D eigenvalue weighted by Gasteiger charge is 2.55. The molecule has 0 aromatic heterocycles. The summed E-state index contributed by atoms with van der Waals surface area (Å²) in [5, 5.41) is 0. The van der Waals surface area contributed by atoms with Crippen molar-refractivity contribution in [2.75, 3.05) is 0 Å². The third kappa shape index (κ3) is 2.38. The number of hydrogen-bond acceptors (Lipinski definition) is 3. The van der Waals surface area contributed by atoms with E-state index in [-0.39, 0.29) is 29.5 Å². The molecule has 3 nitrogen and oxygen atoms in total. The summed E-state index contributed by atoms with van der Waals surface area (Å²) < 4.78 is 18.8. The molecule has 0 radical (unpaired) electrons. The van der Waals surface area contributed by atoms with Gasteiger partial charge in [-0.05, 0) is 71.0 Å². The minimum atomic E-state index is -0.311. The van der Waals surface area contributed by atoms with Crippen molar-refractivity contribution in [3.63, 3.8) is 0 Å². The van der Waals surface area contributed by atoms with E-state index in [0.29, 0.717) is 0 Å². The molecule has 2 bridgehead atoms. The second-order valence-corrected chi connectivity index (χ2v) is 9.13. The van der Waals surface area contributed by atoms with Crippen molar-refractivity contribution in [3.8, 4) is 0 Å². The van der Waals surface area contributed by atoms with Gasteiger partial charge in [0.1, 0.15) is 0 Å². The van der Waals surface area contributed by atoms with Gasteiger partial charge in [-0.2, -0.15) is 0 Å². The summed E-state index contributed by atoms with van der Waals surface area (Å²) in [5.41, 5.74) is 3.12. The summed E-state index contributed by atoms with van der Waals surface area (Å²) in [4.78, 5) is 0. The molecule has 0 saturated carbocycles. The first kappa shape index (κ1) is 15.7. The minimum Gasteiger partial charge on any atom is -0.402 e. The first-order valence-corrected chi connectivity index (χ1v) is 8.73. The van der Waals surface area contributed by atoms with Crippen LogP contribution in [-0.4, -0.2) is 18.3 Å². The monoisotopic (exact) mass is 314 g/mol. The van der Waals surface area contributed by atoms with Crippen molar-refractivity contribution >= 4 is 12.6 Å². The van der Waals surface area contributed by atoms with Crippen LogP contribution in [0.4, 0.5) is 0 Å². The number of rotatable bonds is 1. The average molecular weight is 314 g/mol. The largest absolute Gasteiger partial charge is 0.494 e. The molecular weight excluding hydrogens is 287 g/mol. The predicted octanol–water partition coefficient (Wildman–Crippen LogP) is 3.63. The van der Waals surface area contributed by atoms with Crippen LogP contribution in [-0.2, 0) is 25.2 Å². The van der Waals surface area contributed by atoms with E-state index in [1.54, 1.807) is 0 Å². The number of hydrogen-bond donors (Lipinski definition) is 0. The number of ether oxygens (including phenoxy) is 1. The smallest absolute Gasteiger partial charge is 0.402 e. The summed E-state index contributed by atoms with van der Waals surface area (Å²) in [6.45, 7) is 13.0. The SMILES string of the molecule is CC1(C)CC(C)(C)OB(c2ccc3c(c2)C2(C)CCC3(C)O2)O1. The zero-order valence-corrected chi connectivity index (χ0v) is 15.2. The van der Waals surface area contributed by atoms with Crippen molar-refractivity contribution in [2.45, 2.75) is 83.2 Å². The molecule has 4 heteroatoms. The lowest BCUT2D eigenvalue weighted by Crippen LogP contribution is -2.56. The molecule has 0 aliphatic carbocycles. The molecule has 2 fully saturated rings. The van der Waals surface area contributed by atoms with Gasteiger partial charge in [0.25, 0.3) is 0 Å². The van der Waals surface area contributed by atoms with Gasteiger partial charge in [0.05, 0.1) is 22.4 Å². The Labute approximate surface area is 139 Å². The van der Waals surface area contributed by atoms with Crippen LogP contribution in [0.25, 0.3) is 0 Å². The molecule has 2 saturated heterocycles. The maximum absolute atomic E-state index is 6.36. The molecule has 1 aromatic carbocycles. The van der Waals surface area contributed by atoms with Crippen LogP contribution in [0.15, 0.2) is 18.2 Å². The van der Waals surface area contributed by atoms with Crippen molar-refractivity contribution < 1.29 is 14.0 Å². The van der Waals surface area contributed by atoms with E-state index in [4.69, 9.17) is 14.0 Å². The first-order valence-electron chi connectivity index (χ1n) is 8.73. The normalized spacial score (nSPS) is 37.0. The highest BCUT2D eigenvalue weighted by Crippen LogP contribution is 2.57. The standard InChI is InChI=1S/C19H27BO3/c1-16(2)12-17(3,4)23-20(22-16)13-7-8-14-15(11-13)19(6)10-9-18(14,5)21-19/h7-8,11H,9-10,12H2,1-6H3. The third-order valence-electron chi connectivity index (χ3n) is 5.69. The first-order chi connectivity index (χ1) is 10.5. The Kier molecular flexibility index (Phi) is 3.01. The molecule has 2 atom stereocenters. The summed E-state index contributed by atoms with van der Waals surface area (Å²) >= 11 is 0. The molecule has 0 spiro atoms. The third-order valence-corrected chi connectivity index (χ3v) is 5.69. The number of fused-ring (bicyclic) bond motifs is 5. The maximum Gasteiger partial charge on any atom is 0.494 e. The topological polar surface area (TPSA) is 27.7 Å². The molecule has 1 aromatic rings. The van der Waals surface area contributed by atoms with E-state index >= 15 is 0 Å². The minimum absolute atomic E-state index is 0.116. The van der Waals surface area contributed by atoms with E-state index in [9.17, 15) is 0 Å². The summed E-state index contributed by atoms with van der Waals surface area (Å²) in [5.74, 6) is 0. The molecule has 2 unspecified atom stereocenters. The fourth-order valence-corrected chi connectivity index (χ4v) is 4.91. The van der Waals surface area contributed by atoms with E-state index in [0.717, 1.165) is 24.7 Å². The molecule has 0 N–H and O–H groups in total. The molecule has 3 aliphatic heterocycles. The van der Waals surface area contributed by atoms with Crippen LogP contribution in [0.1, 0.15) is 71.9 Å². The van der Waals surface area contributed by atoms with Gasteiger partial charge >= 0.3 is 7.12 Å². The quantitative estimate of drug-likeness (QED) is 0.741. The van der Waals surface area contributed by atoms with Crippen LogP contribution >= 0.6 is 0 Å². The Bertz CT molecular complexity index is 653. The zero-order valence-electron chi connectivity index (χ0n) is 15.2. The molecule has 124 valence electrons. The Balaban J connectivity index is 1.72. The molecular formula is C19H27BO3. The van der Waals surface area contributed by atoms with Crippen molar-refractivity contribution in [2.24, 2.45) is 0 Å². The average Bonchev–Trinajstić information content (AvgIpc) is 2.83. The van der Waals surface area contributed by atoms with Gasteiger partial charge in [0.15, 0.2) is 0 Å². The Morgan fingerprint density at radius 3 is 2.00 bits per heavy atom. The van der Waals surface area contributed by atoms with Gasteiger partial charge in [0, 0.05) is 6.42 Å². The van der Waals surface area contributed by atoms with Gasteiger partial charge < -0.3 is 14.0 Å². The van der Waals surface area contributed by atoms with Crippen LogP contribution in [0, 0.1) is 0 Å². The van der Waals surface area contributed by atoms with E-state index in [1.807, 2.05) is 0 Å². The predicted molar refractivity (Wildman–Crippen MR) is 91.8 cm³/mol. The van der Waals surface area contributed by atoms with Gasteiger partial charge in [0.2, 0.25) is 0 Å². The summed E-state index contributed by atoms with van der Waals surface area (Å²) in [6.07, 6.45) is 3.08. The maximum atomic E-state index is 6.36. The van der Waals surface area contributed by atoms with Crippen molar-refractivity contribution in [1.29, 1.82) is 0 Å². The molecule has 23 heavy (non-hydrogen) atoms. The van der Waals surface area contributed by atoms with E-state index < -0.39 is 0 Å². The van der Waals surface area contributed by atoms with Crippen LogP contribution in [0.3, 0.4) is 0 Å².